The molecule has 0 bridgehead atoms. The van der Waals surface area contributed by atoms with Gasteiger partial charge in [0.1, 0.15) is 5.82 Å². The molecule has 4 unspecified atom stereocenters. The molecule has 118 valence electrons. The number of hydrogen-bond acceptors (Lipinski definition) is 4. The molecule has 1 fully saturated rings. The molecular weight excluding hydrogens is 271 g/mol. The second kappa shape index (κ2) is 7.29. The summed E-state index contributed by atoms with van der Waals surface area (Å²) in [5.41, 5.74) is 0.487. The lowest BCUT2D eigenvalue weighted by Gasteiger charge is -2.37. The van der Waals surface area contributed by atoms with Gasteiger partial charge in [0.05, 0.1) is 24.1 Å². The van der Waals surface area contributed by atoms with Crippen LogP contribution in [-0.4, -0.2) is 45.8 Å². The van der Waals surface area contributed by atoms with Crippen LogP contribution in [0.3, 0.4) is 0 Å². The zero-order chi connectivity index (χ0) is 15.4. The number of aromatic nitrogens is 1. The van der Waals surface area contributed by atoms with Crippen LogP contribution in [0.15, 0.2) is 18.3 Å². The summed E-state index contributed by atoms with van der Waals surface area (Å²) < 4.78 is 12.9. The predicted molar refractivity (Wildman–Crippen MR) is 79.2 cm³/mol. The molecule has 0 aromatic carbocycles. The number of halogens is 1. The van der Waals surface area contributed by atoms with Gasteiger partial charge in [-0.2, -0.15) is 0 Å². The van der Waals surface area contributed by atoms with Gasteiger partial charge in [-0.05, 0) is 32.0 Å². The van der Waals surface area contributed by atoms with Gasteiger partial charge in [-0.3, -0.25) is 4.98 Å². The van der Waals surface area contributed by atoms with E-state index in [1.807, 2.05) is 14.0 Å². The Bertz CT molecular complexity index is 440. The first-order valence-corrected chi connectivity index (χ1v) is 7.67. The molecule has 5 heteroatoms. The largest absolute Gasteiger partial charge is 0.391 e. The van der Waals surface area contributed by atoms with Crippen molar-refractivity contribution in [2.75, 3.05) is 13.6 Å². The number of aliphatic hydroxyl groups is 2. The monoisotopic (exact) mass is 296 g/mol. The van der Waals surface area contributed by atoms with Gasteiger partial charge in [-0.1, -0.05) is 19.8 Å². The minimum absolute atomic E-state index is 0.0397. The quantitative estimate of drug-likeness (QED) is 0.874. The summed E-state index contributed by atoms with van der Waals surface area (Å²) in [4.78, 5) is 6.07. The highest BCUT2D eigenvalue weighted by atomic mass is 19.1. The Morgan fingerprint density at radius 1 is 1.38 bits per heavy atom. The first kappa shape index (κ1) is 16.3. The van der Waals surface area contributed by atoms with Gasteiger partial charge in [0.15, 0.2) is 0 Å². The Morgan fingerprint density at radius 3 is 2.71 bits per heavy atom. The van der Waals surface area contributed by atoms with E-state index < -0.39 is 11.9 Å². The Labute approximate surface area is 125 Å². The second-order valence-electron chi connectivity index (χ2n) is 6.18. The fraction of sp³-hybridized carbons (Fsp3) is 0.688. The summed E-state index contributed by atoms with van der Waals surface area (Å²) >= 11 is 0. The zero-order valence-corrected chi connectivity index (χ0v) is 12.7. The van der Waals surface area contributed by atoms with E-state index in [0.29, 0.717) is 12.2 Å². The summed E-state index contributed by atoms with van der Waals surface area (Å²) in [5, 5.41) is 20.4. The summed E-state index contributed by atoms with van der Waals surface area (Å²) in [6, 6.07) is 2.99. The maximum absolute atomic E-state index is 12.9. The summed E-state index contributed by atoms with van der Waals surface area (Å²) in [5.74, 6) is -0.442. The minimum atomic E-state index is -0.728. The first-order valence-electron chi connectivity index (χ1n) is 7.67. The van der Waals surface area contributed by atoms with Crippen LogP contribution < -0.4 is 0 Å². The number of aliphatic hydroxyl groups excluding tert-OH is 2. The molecule has 0 spiro atoms. The van der Waals surface area contributed by atoms with E-state index in [1.54, 1.807) is 0 Å². The fourth-order valence-electron chi connectivity index (χ4n) is 3.15. The van der Waals surface area contributed by atoms with Crippen LogP contribution >= 0.6 is 0 Å². The van der Waals surface area contributed by atoms with E-state index >= 15 is 0 Å². The molecule has 1 aromatic rings. The third kappa shape index (κ3) is 4.22. The van der Waals surface area contributed by atoms with Crippen molar-refractivity contribution in [2.45, 2.75) is 50.9 Å². The summed E-state index contributed by atoms with van der Waals surface area (Å²) in [6.07, 6.45) is 4.19. The van der Waals surface area contributed by atoms with Crippen LogP contribution in [0.4, 0.5) is 4.39 Å². The lowest BCUT2D eigenvalue weighted by molar-refractivity contribution is 0.0111. The fourth-order valence-corrected chi connectivity index (χ4v) is 3.15. The van der Waals surface area contributed by atoms with Crippen LogP contribution in [0, 0.1) is 11.7 Å². The SMILES string of the molecule is CC(CN(C)C1CCCCC1O)C(O)c1ccc(F)cn1. The Balaban J connectivity index is 1.93. The van der Waals surface area contributed by atoms with Gasteiger partial charge >= 0.3 is 0 Å². The van der Waals surface area contributed by atoms with Crippen molar-refractivity contribution >= 4 is 0 Å². The molecule has 2 N–H and O–H groups in total. The molecule has 4 atom stereocenters. The van der Waals surface area contributed by atoms with Crippen molar-refractivity contribution < 1.29 is 14.6 Å². The number of nitrogens with zero attached hydrogens (tertiary/aromatic N) is 2. The van der Waals surface area contributed by atoms with Gasteiger partial charge < -0.3 is 15.1 Å². The molecule has 1 saturated carbocycles. The Kier molecular flexibility index (Phi) is 5.67. The van der Waals surface area contributed by atoms with Crippen LogP contribution in [-0.2, 0) is 0 Å². The van der Waals surface area contributed by atoms with Crippen LogP contribution in [0.25, 0.3) is 0 Å². The minimum Gasteiger partial charge on any atom is -0.391 e. The standard InChI is InChI=1S/C16H25FN2O2/c1-11(16(21)13-8-7-12(17)9-18-13)10-19(2)14-5-3-4-6-15(14)20/h7-9,11,14-16,20-21H,3-6,10H2,1-2H3. The molecule has 2 rings (SSSR count). The van der Waals surface area contributed by atoms with Crippen molar-refractivity contribution in [3.63, 3.8) is 0 Å². The lowest BCUT2D eigenvalue weighted by Crippen LogP contribution is -2.45. The molecule has 1 aliphatic rings. The molecule has 0 aliphatic heterocycles. The molecule has 1 aliphatic carbocycles. The maximum atomic E-state index is 12.9. The second-order valence-corrected chi connectivity index (χ2v) is 6.18. The van der Waals surface area contributed by atoms with Crippen LogP contribution in [0.2, 0.25) is 0 Å². The van der Waals surface area contributed by atoms with Crippen molar-refractivity contribution in [3.05, 3.63) is 29.8 Å². The topological polar surface area (TPSA) is 56.6 Å². The maximum Gasteiger partial charge on any atom is 0.141 e. The molecule has 0 amide bonds. The molecule has 0 saturated heterocycles. The Hall–Kier alpha value is -1.04. The van der Waals surface area contributed by atoms with Crippen LogP contribution in [0.1, 0.15) is 44.4 Å². The van der Waals surface area contributed by atoms with Gasteiger partial charge in [-0.25, -0.2) is 4.39 Å². The average Bonchev–Trinajstić information content (AvgIpc) is 2.47. The van der Waals surface area contributed by atoms with E-state index in [1.165, 1.54) is 12.1 Å². The third-order valence-corrected chi connectivity index (χ3v) is 4.43. The van der Waals surface area contributed by atoms with Crippen molar-refractivity contribution in [1.29, 1.82) is 0 Å². The average molecular weight is 296 g/mol. The third-order valence-electron chi connectivity index (χ3n) is 4.43. The molecule has 21 heavy (non-hydrogen) atoms. The predicted octanol–water partition coefficient (Wildman–Crippen LogP) is 2.13. The summed E-state index contributed by atoms with van der Waals surface area (Å²) in [7, 11) is 1.99. The normalized spacial score (nSPS) is 25.8. The highest BCUT2D eigenvalue weighted by Crippen LogP contribution is 2.26. The van der Waals surface area contributed by atoms with Crippen LogP contribution in [0.5, 0.6) is 0 Å². The van der Waals surface area contributed by atoms with E-state index in [0.717, 1.165) is 31.9 Å². The molecule has 0 radical (unpaired) electrons. The number of likely N-dealkylation sites (N-methyl/N-ethyl adjacent to an activating group) is 1. The smallest absolute Gasteiger partial charge is 0.141 e. The first-order chi connectivity index (χ1) is 9.99. The van der Waals surface area contributed by atoms with Gasteiger partial charge in [0, 0.05) is 18.5 Å². The van der Waals surface area contributed by atoms with Gasteiger partial charge in [-0.15, -0.1) is 0 Å². The van der Waals surface area contributed by atoms with E-state index in [2.05, 4.69) is 9.88 Å². The van der Waals surface area contributed by atoms with E-state index in [9.17, 15) is 14.6 Å². The summed E-state index contributed by atoms with van der Waals surface area (Å²) in [6.45, 7) is 2.61. The Morgan fingerprint density at radius 2 is 2.10 bits per heavy atom. The van der Waals surface area contributed by atoms with E-state index in [-0.39, 0.29) is 18.1 Å². The van der Waals surface area contributed by atoms with Crippen molar-refractivity contribution in [2.24, 2.45) is 5.92 Å². The number of rotatable bonds is 5. The van der Waals surface area contributed by atoms with Gasteiger partial charge in [0.25, 0.3) is 0 Å². The van der Waals surface area contributed by atoms with Gasteiger partial charge in [0.2, 0.25) is 0 Å². The lowest BCUT2D eigenvalue weighted by atomic mass is 9.90. The number of hydrogen-bond donors (Lipinski definition) is 2. The molecule has 1 heterocycles. The zero-order valence-electron chi connectivity index (χ0n) is 12.7. The van der Waals surface area contributed by atoms with Crippen molar-refractivity contribution in [3.8, 4) is 0 Å². The molecule has 4 nitrogen and oxygen atoms in total. The van der Waals surface area contributed by atoms with Crippen molar-refractivity contribution in [1.82, 2.24) is 9.88 Å². The molecule has 1 aromatic heterocycles. The molecular formula is C16H25FN2O2. The highest BCUT2D eigenvalue weighted by molar-refractivity contribution is 5.09. The number of pyridine rings is 1. The van der Waals surface area contributed by atoms with E-state index in [4.69, 9.17) is 0 Å². The highest BCUT2D eigenvalue weighted by Gasteiger charge is 2.29.